The van der Waals surface area contributed by atoms with Crippen LogP contribution in [0.25, 0.3) is 6.08 Å². The Morgan fingerprint density at radius 1 is 1.04 bits per heavy atom. The fourth-order valence-electron chi connectivity index (χ4n) is 2.36. The molecule has 2 aromatic carbocycles. The molecular weight excluding hydrogens is 348 g/mol. The van der Waals surface area contributed by atoms with E-state index < -0.39 is 0 Å². The molecule has 26 heavy (non-hydrogen) atoms. The van der Waals surface area contributed by atoms with Crippen molar-refractivity contribution >= 4 is 35.2 Å². The Balaban J connectivity index is 2.07. The second kappa shape index (κ2) is 8.19. The summed E-state index contributed by atoms with van der Waals surface area (Å²) in [6.07, 6.45) is 3.21. The number of carbonyl (C=O) groups excluding carboxylic acids is 2. The van der Waals surface area contributed by atoms with Gasteiger partial charge in [0.1, 0.15) is 0 Å². The lowest BCUT2D eigenvalue weighted by Gasteiger charge is -2.18. The SMILES string of the molecule is CNC(=O)c1cc(NC(=O)/C=C/c2ccc(C(C)(C)C)cc2)ccc1Cl. The molecule has 4 nitrogen and oxygen atoms in total. The van der Waals surface area contributed by atoms with Crippen molar-refractivity contribution in [3.05, 3.63) is 70.3 Å². The van der Waals surface area contributed by atoms with Crippen LogP contribution in [0.2, 0.25) is 5.02 Å². The average Bonchev–Trinajstić information content (AvgIpc) is 2.60. The number of benzene rings is 2. The van der Waals surface area contributed by atoms with E-state index in [0.29, 0.717) is 16.3 Å². The largest absolute Gasteiger partial charge is 0.355 e. The molecule has 0 atom stereocenters. The van der Waals surface area contributed by atoms with Crippen LogP contribution >= 0.6 is 11.6 Å². The smallest absolute Gasteiger partial charge is 0.252 e. The van der Waals surface area contributed by atoms with Gasteiger partial charge in [-0.15, -0.1) is 0 Å². The first-order chi connectivity index (χ1) is 12.2. The summed E-state index contributed by atoms with van der Waals surface area (Å²) in [7, 11) is 1.53. The van der Waals surface area contributed by atoms with Gasteiger partial charge in [-0.3, -0.25) is 9.59 Å². The Morgan fingerprint density at radius 2 is 1.69 bits per heavy atom. The van der Waals surface area contributed by atoms with Gasteiger partial charge in [-0.2, -0.15) is 0 Å². The summed E-state index contributed by atoms with van der Waals surface area (Å²) < 4.78 is 0. The van der Waals surface area contributed by atoms with Crippen LogP contribution in [0.3, 0.4) is 0 Å². The van der Waals surface area contributed by atoms with Gasteiger partial charge in [0, 0.05) is 18.8 Å². The number of halogens is 1. The lowest BCUT2D eigenvalue weighted by molar-refractivity contribution is -0.111. The van der Waals surface area contributed by atoms with Gasteiger partial charge in [0.05, 0.1) is 10.6 Å². The number of nitrogens with one attached hydrogen (secondary N) is 2. The highest BCUT2D eigenvalue weighted by molar-refractivity contribution is 6.34. The molecule has 2 rings (SSSR count). The lowest BCUT2D eigenvalue weighted by atomic mass is 9.87. The van der Waals surface area contributed by atoms with Crippen molar-refractivity contribution in [1.82, 2.24) is 5.32 Å². The first-order valence-corrected chi connectivity index (χ1v) is 8.70. The van der Waals surface area contributed by atoms with Crippen molar-refractivity contribution in [2.45, 2.75) is 26.2 Å². The summed E-state index contributed by atoms with van der Waals surface area (Å²) in [6, 6.07) is 12.9. The standard InChI is InChI=1S/C21H23ClN2O2/c1-21(2,3)15-8-5-14(6-9-15)7-12-19(25)24-16-10-11-18(22)17(13-16)20(26)23-4/h5-13H,1-4H3,(H,23,26)(H,24,25)/b12-7+. The van der Waals surface area contributed by atoms with Crippen molar-refractivity contribution < 1.29 is 9.59 Å². The van der Waals surface area contributed by atoms with E-state index in [1.54, 1.807) is 24.3 Å². The van der Waals surface area contributed by atoms with E-state index in [1.165, 1.54) is 18.7 Å². The maximum atomic E-state index is 12.1. The summed E-state index contributed by atoms with van der Waals surface area (Å²) in [5.41, 5.74) is 3.09. The van der Waals surface area contributed by atoms with Gasteiger partial charge in [-0.05, 0) is 40.8 Å². The minimum absolute atomic E-state index is 0.0939. The molecule has 2 amide bonds. The highest BCUT2D eigenvalue weighted by Crippen LogP contribution is 2.23. The Labute approximate surface area is 159 Å². The van der Waals surface area contributed by atoms with Gasteiger partial charge in [0.25, 0.3) is 5.91 Å². The predicted molar refractivity (Wildman–Crippen MR) is 108 cm³/mol. The fraction of sp³-hybridized carbons (Fsp3) is 0.238. The molecule has 0 aromatic heterocycles. The quantitative estimate of drug-likeness (QED) is 0.769. The summed E-state index contributed by atoms with van der Waals surface area (Å²) >= 11 is 6.00. The summed E-state index contributed by atoms with van der Waals surface area (Å²) in [5.74, 6) is -0.587. The minimum atomic E-state index is -0.305. The maximum Gasteiger partial charge on any atom is 0.252 e. The summed E-state index contributed by atoms with van der Waals surface area (Å²) in [5, 5.41) is 5.57. The molecule has 2 aromatic rings. The summed E-state index contributed by atoms with van der Waals surface area (Å²) in [6.45, 7) is 6.47. The first kappa shape index (κ1) is 19.7. The lowest BCUT2D eigenvalue weighted by Crippen LogP contribution is -2.18. The maximum absolute atomic E-state index is 12.1. The van der Waals surface area contributed by atoms with Crippen molar-refractivity contribution in [3.8, 4) is 0 Å². The zero-order chi connectivity index (χ0) is 19.3. The Kier molecular flexibility index (Phi) is 6.22. The van der Waals surface area contributed by atoms with Crippen LogP contribution in [0.15, 0.2) is 48.5 Å². The van der Waals surface area contributed by atoms with Gasteiger partial charge < -0.3 is 10.6 Å². The van der Waals surface area contributed by atoms with Gasteiger partial charge in [0.2, 0.25) is 5.91 Å². The Hall–Kier alpha value is -2.59. The van der Waals surface area contributed by atoms with Crippen LogP contribution in [0.5, 0.6) is 0 Å². The number of carbonyl (C=O) groups is 2. The van der Waals surface area contributed by atoms with Crippen LogP contribution in [0.4, 0.5) is 5.69 Å². The van der Waals surface area contributed by atoms with Crippen LogP contribution in [0, 0.1) is 0 Å². The van der Waals surface area contributed by atoms with E-state index in [-0.39, 0.29) is 17.2 Å². The number of rotatable bonds is 4. The molecule has 0 fully saturated rings. The summed E-state index contributed by atoms with van der Waals surface area (Å²) in [4.78, 5) is 23.9. The Bertz CT molecular complexity index is 834. The molecule has 0 heterocycles. The third-order valence-electron chi connectivity index (χ3n) is 3.91. The van der Waals surface area contributed by atoms with Crippen LogP contribution < -0.4 is 10.6 Å². The van der Waals surface area contributed by atoms with E-state index in [4.69, 9.17) is 11.6 Å². The predicted octanol–water partition coefficient (Wildman–Crippen LogP) is 4.65. The molecule has 0 aliphatic carbocycles. The zero-order valence-corrected chi connectivity index (χ0v) is 16.1. The van der Waals surface area contributed by atoms with Crippen molar-refractivity contribution in [2.75, 3.05) is 12.4 Å². The normalized spacial score (nSPS) is 11.4. The topological polar surface area (TPSA) is 58.2 Å². The molecule has 0 bridgehead atoms. The number of hydrogen-bond acceptors (Lipinski definition) is 2. The third-order valence-corrected chi connectivity index (χ3v) is 4.24. The van der Waals surface area contributed by atoms with E-state index >= 15 is 0 Å². The number of anilines is 1. The molecule has 2 N–H and O–H groups in total. The molecule has 0 radical (unpaired) electrons. The second-order valence-corrected chi connectivity index (χ2v) is 7.38. The van der Waals surface area contributed by atoms with E-state index in [9.17, 15) is 9.59 Å². The van der Waals surface area contributed by atoms with Gasteiger partial charge in [-0.25, -0.2) is 0 Å². The van der Waals surface area contributed by atoms with E-state index in [1.807, 2.05) is 12.1 Å². The average molecular weight is 371 g/mol. The molecule has 5 heteroatoms. The monoisotopic (exact) mass is 370 g/mol. The van der Waals surface area contributed by atoms with E-state index in [0.717, 1.165) is 5.56 Å². The van der Waals surface area contributed by atoms with Crippen LogP contribution in [-0.2, 0) is 10.2 Å². The molecular formula is C21H23ClN2O2. The molecule has 0 unspecified atom stereocenters. The molecule has 0 aliphatic rings. The third kappa shape index (κ3) is 5.20. The number of amides is 2. The van der Waals surface area contributed by atoms with Crippen LogP contribution in [0.1, 0.15) is 42.3 Å². The zero-order valence-electron chi connectivity index (χ0n) is 15.4. The molecule has 0 aliphatic heterocycles. The highest BCUT2D eigenvalue weighted by atomic mass is 35.5. The highest BCUT2D eigenvalue weighted by Gasteiger charge is 2.12. The van der Waals surface area contributed by atoms with Crippen molar-refractivity contribution in [3.63, 3.8) is 0 Å². The van der Waals surface area contributed by atoms with Gasteiger partial charge >= 0.3 is 0 Å². The number of hydrogen-bond donors (Lipinski definition) is 2. The second-order valence-electron chi connectivity index (χ2n) is 6.97. The molecule has 136 valence electrons. The van der Waals surface area contributed by atoms with Gasteiger partial charge in [-0.1, -0.05) is 56.6 Å². The Morgan fingerprint density at radius 3 is 2.27 bits per heavy atom. The van der Waals surface area contributed by atoms with Crippen molar-refractivity contribution in [2.24, 2.45) is 0 Å². The van der Waals surface area contributed by atoms with Gasteiger partial charge in [0.15, 0.2) is 0 Å². The first-order valence-electron chi connectivity index (χ1n) is 8.32. The van der Waals surface area contributed by atoms with Crippen LogP contribution in [-0.4, -0.2) is 18.9 Å². The fourth-order valence-corrected chi connectivity index (χ4v) is 2.57. The van der Waals surface area contributed by atoms with E-state index in [2.05, 4.69) is 43.5 Å². The molecule has 0 saturated heterocycles. The minimum Gasteiger partial charge on any atom is -0.355 e. The molecule has 0 saturated carbocycles. The van der Waals surface area contributed by atoms with Crippen molar-refractivity contribution in [1.29, 1.82) is 0 Å². The molecule has 0 spiro atoms.